The normalized spacial score (nSPS) is 24.7. The van der Waals surface area contributed by atoms with Crippen molar-refractivity contribution in [2.75, 3.05) is 0 Å². The molecular weight excluding hydrogens is 164 g/mol. The second kappa shape index (κ2) is 2.54. The SMILES string of the molecule is NC(c1nncn1C1CC1)C1CC1. The summed E-state index contributed by atoms with van der Waals surface area (Å²) in [5.74, 6) is 1.67. The molecule has 1 aromatic rings. The number of hydrogen-bond donors (Lipinski definition) is 1. The van der Waals surface area contributed by atoms with Gasteiger partial charge in [0, 0.05) is 6.04 Å². The second-order valence-electron chi connectivity index (χ2n) is 4.19. The van der Waals surface area contributed by atoms with Crippen molar-refractivity contribution in [3.05, 3.63) is 12.2 Å². The Bertz CT molecular complexity index is 311. The van der Waals surface area contributed by atoms with Crippen molar-refractivity contribution in [3.63, 3.8) is 0 Å². The van der Waals surface area contributed by atoms with E-state index in [0.29, 0.717) is 12.0 Å². The minimum absolute atomic E-state index is 0.128. The smallest absolute Gasteiger partial charge is 0.150 e. The maximum Gasteiger partial charge on any atom is 0.150 e. The van der Waals surface area contributed by atoms with Crippen LogP contribution in [0.2, 0.25) is 0 Å². The largest absolute Gasteiger partial charge is 0.321 e. The maximum absolute atomic E-state index is 6.09. The van der Waals surface area contributed by atoms with Crippen LogP contribution >= 0.6 is 0 Å². The average Bonchev–Trinajstić information content (AvgIpc) is 3.02. The molecule has 13 heavy (non-hydrogen) atoms. The van der Waals surface area contributed by atoms with Gasteiger partial charge in [-0.3, -0.25) is 0 Å². The van der Waals surface area contributed by atoms with Gasteiger partial charge < -0.3 is 10.3 Å². The molecule has 2 fully saturated rings. The molecule has 0 aromatic carbocycles. The molecule has 0 saturated heterocycles. The molecule has 70 valence electrons. The van der Waals surface area contributed by atoms with Crippen LogP contribution < -0.4 is 5.73 Å². The predicted molar refractivity (Wildman–Crippen MR) is 47.9 cm³/mol. The fourth-order valence-corrected chi connectivity index (χ4v) is 1.79. The Morgan fingerprint density at radius 1 is 1.38 bits per heavy atom. The third-order valence-corrected chi connectivity index (χ3v) is 2.97. The molecule has 4 heteroatoms. The van der Waals surface area contributed by atoms with Gasteiger partial charge in [-0.2, -0.15) is 0 Å². The van der Waals surface area contributed by atoms with Crippen LogP contribution in [0.15, 0.2) is 6.33 Å². The molecule has 2 N–H and O–H groups in total. The summed E-state index contributed by atoms with van der Waals surface area (Å²) in [6.45, 7) is 0. The molecule has 1 unspecified atom stereocenters. The minimum Gasteiger partial charge on any atom is -0.321 e. The highest BCUT2D eigenvalue weighted by molar-refractivity contribution is 5.04. The van der Waals surface area contributed by atoms with Gasteiger partial charge in [-0.1, -0.05) is 0 Å². The standard InChI is InChI=1S/C9H14N4/c10-8(6-1-2-6)9-12-11-5-13(9)7-3-4-7/h5-8H,1-4,10H2. The van der Waals surface area contributed by atoms with E-state index < -0.39 is 0 Å². The third-order valence-electron chi connectivity index (χ3n) is 2.97. The highest BCUT2D eigenvalue weighted by Gasteiger charge is 2.35. The van der Waals surface area contributed by atoms with Gasteiger partial charge in [-0.05, 0) is 31.6 Å². The van der Waals surface area contributed by atoms with Crippen LogP contribution in [-0.4, -0.2) is 14.8 Å². The summed E-state index contributed by atoms with van der Waals surface area (Å²) in [7, 11) is 0. The second-order valence-corrected chi connectivity index (χ2v) is 4.19. The molecule has 0 spiro atoms. The number of hydrogen-bond acceptors (Lipinski definition) is 3. The lowest BCUT2D eigenvalue weighted by Gasteiger charge is -2.10. The highest BCUT2D eigenvalue weighted by Crippen LogP contribution is 2.42. The zero-order chi connectivity index (χ0) is 8.84. The van der Waals surface area contributed by atoms with Crippen molar-refractivity contribution in [1.29, 1.82) is 0 Å². The molecule has 1 heterocycles. The summed E-state index contributed by atoms with van der Waals surface area (Å²) in [4.78, 5) is 0. The van der Waals surface area contributed by atoms with Crippen LogP contribution in [0.25, 0.3) is 0 Å². The first-order valence-electron chi connectivity index (χ1n) is 5.01. The van der Waals surface area contributed by atoms with Crippen LogP contribution in [0.5, 0.6) is 0 Å². The molecule has 2 aliphatic rings. The summed E-state index contributed by atoms with van der Waals surface area (Å²) in [5, 5.41) is 8.07. The van der Waals surface area contributed by atoms with E-state index >= 15 is 0 Å². The molecule has 2 saturated carbocycles. The van der Waals surface area contributed by atoms with Crippen LogP contribution in [0.3, 0.4) is 0 Å². The Morgan fingerprint density at radius 3 is 2.77 bits per heavy atom. The van der Waals surface area contributed by atoms with Crippen LogP contribution in [0.4, 0.5) is 0 Å². The first-order chi connectivity index (χ1) is 6.36. The van der Waals surface area contributed by atoms with Crippen LogP contribution in [0, 0.1) is 5.92 Å². The first kappa shape index (κ1) is 7.50. The monoisotopic (exact) mass is 178 g/mol. The van der Waals surface area contributed by atoms with Crippen molar-refractivity contribution < 1.29 is 0 Å². The molecule has 3 rings (SSSR count). The van der Waals surface area contributed by atoms with E-state index in [0.717, 1.165) is 5.82 Å². The summed E-state index contributed by atoms with van der Waals surface area (Å²) in [5.41, 5.74) is 6.09. The Labute approximate surface area is 77.1 Å². The van der Waals surface area contributed by atoms with Crippen molar-refractivity contribution in [1.82, 2.24) is 14.8 Å². The Morgan fingerprint density at radius 2 is 2.15 bits per heavy atom. The van der Waals surface area contributed by atoms with E-state index in [4.69, 9.17) is 5.73 Å². The minimum atomic E-state index is 0.128. The van der Waals surface area contributed by atoms with E-state index in [-0.39, 0.29) is 6.04 Å². The van der Waals surface area contributed by atoms with Crippen molar-refractivity contribution in [2.45, 2.75) is 37.8 Å². The molecular formula is C9H14N4. The maximum atomic E-state index is 6.09. The molecule has 1 aromatic heterocycles. The fraction of sp³-hybridized carbons (Fsp3) is 0.778. The first-order valence-corrected chi connectivity index (χ1v) is 5.01. The molecule has 0 bridgehead atoms. The van der Waals surface area contributed by atoms with Crippen LogP contribution in [-0.2, 0) is 0 Å². The lowest BCUT2D eigenvalue weighted by Crippen LogP contribution is -2.18. The highest BCUT2D eigenvalue weighted by atomic mass is 15.3. The Hall–Kier alpha value is -0.900. The van der Waals surface area contributed by atoms with Crippen molar-refractivity contribution in [3.8, 4) is 0 Å². The zero-order valence-corrected chi connectivity index (χ0v) is 7.56. The summed E-state index contributed by atoms with van der Waals surface area (Å²) in [6.07, 6.45) is 6.89. The number of rotatable bonds is 3. The fourth-order valence-electron chi connectivity index (χ4n) is 1.79. The van der Waals surface area contributed by atoms with Crippen molar-refractivity contribution >= 4 is 0 Å². The van der Waals surface area contributed by atoms with Gasteiger partial charge in [0.1, 0.15) is 12.2 Å². The number of nitrogens with two attached hydrogens (primary N) is 1. The quantitative estimate of drug-likeness (QED) is 0.751. The molecule has 0 radical (unpaired) electrons. The van der Waals surface area contributed by atoms with Crippen LogP contribution in [0.1, 0.15) is 43.6 Å². The van der Waals surface area contributed by atoms with Gasteiger partial charge in [0.15, 0.2) is 0 Å². The molecule has 1 atom stereocenters. The Kier molecular flexibility index (Phi) is 1.47. The van der Waals surface area contributed by atoms with E-state index in [2.05, 4.69) is 14.8 Å². The van der Waals surface area contributed by atoms with Crippen molar-refractivity contribution in [2.24, 2.45) is 11.7 Å². The molecule has 2 aliphatic carbocycles. The van der Waals surface area contributed by atoms with E-state index in [1.54, 1.807) is 0 Å². The van der Waals surface area contributed by atoms with Gasteiger partial charge in [-0.25, -0.2) is 0 Å². The van der Waals surface area contributed by atoms with Gasteiger partial charge in [0.05, 0.1) is 6.04 Å². The number of aromatic nitrogens is 3. The molecule has 4 nitrogen and oxygen atoms in total. The lowest BCUT2D eigenvalue weighted by molar-refractivity contribution is 0.544. The zero-order valence-electron chi connectivity index (χ0n) is 7.56. The Balaban J connectivity index is 1.88. The molecule has 0 aliphatic heterocycles. The summed E-state index contributed by atoms with van der Waals surface area (Å²) in [6, 6.07) is 0.776. The average molecular weight is 178 g/mol. The predicted octanol–water partition coefficient (Wildman–Crippen LogP) is 1.02. The summed E-state index contributed by atoms with van der Waals surface area (Å²) < 4.78 is 2.17. The number of nitrogens with zero attached hydrogens (tertiary/aromatic N) is 3. The topological polar surface area (TPSA) is 56.7 Å². The van der Waals surface area contributed by atoms with E-state index in [1.807, 2.05) is 6.33 Å². The van der Waals surface area contributed by atoms with Gasteiger partial charge in [-0.15, -0.1) is 10.2 Å². The van der Waals surface area contributed by atoms with E-state index in [9.17, 15) is 0 Å². The lowest BCUT2D eigenvalue weighted by atomic mass is 10.2. The van der Waals surface area contributed by atoms with E-state index in [1.165, 1.54) is 25.7 Å². The van der Waals surface area contributed by atoms with Gasteiger partial charge >= 0.3 is 0 Å². The van der Waals surface area contributed by atoms with Gasteiger partial charge in [0.25, 0.3) is 0 Å². The van der Waals surface area contributed by atoms with Gasteiger partial charge in [0.2, 0.25) is 0 Å². The summed E-state index contributed by atoms with van der Waals surface area (Å²) >= 11 is 0. The third kappa shape index (κ3) is 1.25. The molecule has 0 amide bonds.